The Labute approximate surface area is 164 Å². The Morgan fingerprint density at radius 2 is 2.00 bits per heavy atom. The number of hydrogen-bond acceptors (Lipinski definition) is 3. The van der Waals surface area contributed by atoms with Gasteiger partial charge in [0.2, 0.25) is 5.91 Å². The lowest BCUT2D eigenvalue weighted by Crippen LogP contribution is -2.44. The molecule has 0 atom stereocenters. The molecule has 1 amide bonds. The fourth-order valence-electron chi connectivity index (χ4n) is 3.49. The topological polar surface area (TPSA) is 50.2 Å². The van der Waals surface area contributed by atoms with Crippen molar-refractivity contribution in [2.24, 2.45) is 0 Å². The molecule has 1 aromatic carbocycles. The van der Waals surface area contributed by atoms with Crippen molar-refractivity contribution in [3.63, 3.8) is 0 Å². The molecule has 1 saturated heterocycles. The highest BCUT2D eigenvalue weighted by Gasteiger charge is 2.24. The van der Waals surface area contributed by atoms with Crippen LogP contribution in [0.15, 0.2) is 18.2 Å². The summed E-state index contributed by atoms with van der Waals surface area (Å²) in [6.07, 6.45) is 2.35. The number of benzene rings is 1. The van der Waals surface area contributed by atoms with Gasteiger partial charge in [-0.05, 0) is 58.0 Å². The molecule has 0 spiro atoms. The van der Waals surface area contributed by atoms with Crippen molar-refractivity contribution in [1.29, 1.82) is 0 Å². The van der Waals surface area contributed by atoms with Crippen LogP contribution in [0.3, 0.4) is 0 Å². The number of aromatic nitrogens is 2. The van der Waals surface area contributed by atoms with Crippen LogP contribution in [0.2, 0.25) is 10.0 Å². The van der Waals surface area contributed by atoms with Gasteiger partial charge in [0.1, 0.15) is 0 Å². The van der Waals surface area contributed by atoms with Crippen molar-refractivity contribution in [2.45, 2.75) is 39.2 Å². The van der Waals surface area contributed by atoms with E-state index in [1.54, 1.807) is 16.8 Å². The van der Waals surface area contributed by atoms with E-state index in [9.17, 15) is 4.79 Å². The van der Waals surface area contributed by atoms with Crippen molar-refractivity contribution in [3.8, 4) is 5.69 Å². The van der Waals surface area contributed by atoms with Crippen LogP contribution in [-0.2, 0) is 11.2 Å². The minimum absolute atomic E-state index is 0.129. The molecular weight excluding hydrogens is 371 g/mol. The number of nitrogens with zero attached hydrogens (tertiary/aromatic N) is 3. The summed E-state index contributed by atoms with van der Waals surface area (Å²) in [6.45, 7) is 5.83. The zero-order valence-corrected chi connectivity index (χ0v) is 16.9. The lowest BCUT2D eigenvalue weighted by Gasteiger charge is -2.31. The van der Waals surface area contributed by atoms with E-state index in [0.29, 0.717) is 22.5 Å². The number of likely N-dealkylation sites (N-methyl/N-ethyl adjacent to an activating group) is 1. The van der Waals surface area contributed by atoms with Crippen molar-refractivity contribution < 1.29 is 4.79 Å². The second kappa shape index (κ2) is 7.99. The van der Waals surface area contributed by atoms with E-state index in [4.69, 9.17) is 23.2 Å². The van der Waals surface area contributed by atoms with E-state index in [-0.39, 0.29) is 5.91 Å². The Hall–Kier alpha value is -1.56. The first-order chi connectivity index (χ1) is 12.4. The number of nitrogens with one attached hydrogen (secondary N) is 1. The minimum atomic E-state index is 0.129. The van der Waals surface area contributed by atoms with Gasteiger partial charge in [-0.15, -0.1) is 0 Å². The summed E-state index contributed by atoms with van der Waals surface area (Å²) < 4.78 is 1.79. The normalized spacial score (nSPS) is 15.3. The first-order valence-electron chi connectivity index (χ1n) is 8.85. The van der Waals surface area contributed by atoms with Crippen molar-refractivity contribution in [3.05, 3.63) is 45.2 Å². The zero-order chi connectivity index (χ0) is 18.8. The number of hydrogen-bond donors (Lipinski definition) is 1. The predicted molar refractivity (Wildman–Crippen MR) is 105 cm³/mol. The average molecular weight is 395 g/mol. The minimum Gasteiger partial charge on any atom is -0.342 e. The number of halogens is 2. The summed E-state index contributed by atoms with van der Waals surface area (Å²) >= 11 is 12.3. The molecule has 2 aromatic rings. The second-order valence-electron chi connectivity index (χ2n) is 6.82. The Bertz CT molecular complexity index is 812. The molecule has 3 rings (SSSR count). The van der Waals surface area contributed by atoms with Gasteiger partial charge in [-0.25, -0.2) is 4.68 Å². The molecule has 1 aromatic heterocycles. The molecule has 26 heavy (non-hydrogen) atoms. The molecule has 0 radical (unpaired) electrons. The fourth-order valence-corrected chi connectivity index (χ4v) is 3.98. The maximum absolute atomic E-state index is 12.8. The third kappa shape index (κ3) is 3.90. The summed E-state index contributed by atoms with van der Waals surface area (Å²) in [5.74, 6) is 0.129. The van der Waals surface area contributed by atoms with Gasteiger partial charge in [0, 0.05) is 29.4 Å². The fraction of sp³-hybridized carbons (Fsp3) is 0.474. The van der Waals surface area contributed by atoms with E-state index in [0.717, 1.165) is 48.6 Å². The van der Waals surface area contributed by atoms with Crippen LogP contribution in [0.4, 0.5) is 0 Å². The predicted octanol–water partition coefficient (Wildman–Crippen LogP) is 3.55. The Balaban J connectivity index is 1.82. The van der Waals surface area contributed by atoms with E-state index in [2.05, 4.69) is 10.4 Å². The first-order valence-corrected chi connectivity index (χ1v) is 9.61. The molecule has 140 valence electrons. The van der Waals surface area contributed by atoms with E-state index < -0.39 is 0 Å². The van der Waals surface area contributed by atoms with Crippen molar-refractivity contribution in [2.75, 3.05) is 20.1 Å². The highest BCUT2D eigenvalue weighted by Crippen LogP contribution is 2.27. The van der Waals surface area contributed by atoms with Crippen molar-refractivity contribution >= 4 is 29.1 Å². The summed E-state index contributed by atoms with van der Waals surface area (Å²) in [6, 6.07) is 5.64. The SMILES string of the molecule is Cc1nn(-c2ccc(Cl)cc2Cl)c(C)c1CC(=O)N(C)C1CCNCC1. The third-order valence-corrected chi connectivity index (χ3v) is 5.69. The number of amides is 1. The second-order valence-corrected chi connectivity index (χ2v) is 7.66. The Morgan fingerprint density at radius 3 is 2.65 bits per heavy atom. The number of rotatable bonds is 4. The quantitative estimate of drug-likeness (QED) is 0.862. The van der Waals surface area contributed by atoms with Crippen LogP contribution in [0.5, 0.6) is 0 Å². The first kappa shape index (κ1) is 19.2. The van der Waals surface area contributed by atoms with Crippen molar-refractivity contribution in [1.82, 2.24) is 20.0 Å². The highest BCUT2D eigenvalue weighted by atomic mass is 35.5. The van der Waals surface area contributed by atoms with Gasteiger partial charge in [0.05, 0.1) is 22.8 Å². The molecule has 1 aliphatic heterocycles. The Kier molecular flexibility index (Phi) is 5.90. The zero-order valence-electron chi connectivity index (χ0n) is 15.4. The summed E-state index contributed by atoms with van der Waals surface area (Å²) in [5, 5.41) is 9.06. The van der Waals surface area contributed by atoms with E-state index >= 15 is 0 Å². The molecule has 1 aliphatic rings. The van der Waals surface area contributed by atoms with Crippen LogP contribution in [-0.4, -0.2) is 46.8 Å². The smallest absolute Gasteiger partial charge is 0.227 e. The van der Waals surface area contributed by atoms with E-state index in [1.165, 1.54) is 0 Å². The molecule has 1 N–H and O–H groups in total. The molecule has 7 heteroatoms. The van der Waals surface area contributed by atoms with Gasteiger partial charge in [0.25, 0.3) is 0 Å². The maximum atomic E-state index is 12.8. The van der Waals surface area contributed by atoms with Crippen LogP contribution in [0, 0.1) is 13.8 Å². The summed E-state index contributed by atoms with van der Waals surface area (Å²) in [7, 11) is 1.91. The molecule has 2 heterocycles. The van der Waals surface area contributed by atoms with Crippen LogP contribution in [0.1, 0.15) is 29.8 Å². The van der Waals surface area contributed by atoms with Crippen LogP contribution >= 0.6 is 23.2 Å². The molecule has 5 nitrogen and oxygen atoms in total. The number of piperidine rings is 1. The standard InChI is InChI=1S/C19H24Cl2N4O/c1-12-16(11-19(26)24(3)15-6-8-22-9-7-15)13(2)25(23-12)18-5-4-14(20)10-17(18)21/h4-5,10,15,22H,6-9,11H2,1-3H3. The Morgan fingerprint density at radius 1 is 1.31 bits per heavy atom. The summed E-state index contributed by atoms with van der Waals surface area (Å²) in [4.78, 5) is 14.7. The number of carbonyl (C=O) groups excluding carboxylic acids is 1. The van der Waals surface area contributed by atoms with E-state index in [1.807, 2.05) is 31.9 Å². The van der Waals surface area contributed by atoms with Gasteiger partial charge < -0.3 is 10.2 Å². The molecule has 1 fully saturated rings. The van der Waals surface area contributed by atoms with Gasteiger partial charge in [-0.2, -0.15) is 5.10 Å². The lowest BCUT2D eigenvalue weighted by atomic mass is 10.0. The molecule has 0 aliphatic carbocycles. The number of carbonyl (C=O) groups is 1. The average Bonchev–Trinajstić information content (AvgIpc) is 2.90. The molecule has 0 unspecified atom stereocenters. The van der Waals surface area contributed by atoms with Gasteiger partial charge >= 0.3 is 0 Å². The number of aryl methyl sites for hydroxylation is 1. The van der Waals surface area contributed by atoms with Gasteiger partial charge in [-0.1, -0.05) is 23.2 Å². The third-order valence-electron chi connectivity index (χ3n) is 5.16. The lowest BCUT2D eigenvalue weighted by molar-refractivity contribution is -0.131. The van der Waals surface area contributed by atoms with Gasteiger partial charge in [-0.3, -0.25) is 4.79 Å². The molecular formula is C19H24Cl2N4O. The highest BCUT2D eigenvalue weighted by molar-refractivity contribution is 6.35. The summed E-state index contributed by atoms with van der Waals surface area (Å²) in [5.41, 5.74) is 3.50. The van der Waals surface area contributed by atoms with Crippen LogP contribution < -0.4 is 5.32 Å². The molecule has 0 bridgehead atoms. The maximum Gasteiger partial charge on any atom is 0.227 e. The largest absolute Gasteiger partial charge is 0.342 e. The monoisotopic (exact) mass is 394 g/mol. The molecule has 0 saturated carbocycles. The van der Waals surface area contributed by atoms with Gasteiger partial charge in [0.15, 0.2) is 0 Å². The van der Waals surface area contributed by atoms with Crippen LogP contribution in [0.25, 0.3) is 5.69 Å².